The van der Waals surface area contributed by atoms with E-state index in [2.05, 4.69) is 6.07 Å². The van der Waals surface area contributed by atoms with Gasteiger partial charge in [0.2, 0.25) is 0 Å². The van der Waals surface area contributed by atoms with Gasteiger partial charge in [0.15, 0.2) is 0 Å². The first kappa shape index (κ1) is 13.6. The predicted molar refractivity (Wildman–Crippen MR) is 77.7 cm³/mol. The Morgan fingerprint density at radius 2 is 2.05 bits per heavy atom. The van der Waals surface area contributed by atoms with Crippen molar-refractivity contribution in [2.24, 2.45) is 0 Å². The Kier molecular flexibility index (Phi) is 4.22. The topological polar surface area (TPSA) is 40.5 Å². The van der Waals surface area contributed by atoms with Crippen LogP contribution in [0.25, 0.3) is 0 Å². The number of rotatable bonds is 4. The number of hydrogen-bond acceptors (Lipinski definition) is 3. The predicted octanol–water partition coefficient (Wildman–Crippen LogP) is 3.16. The Labute approximate surface area is 117 Å². The third kappa shape index (κ3) is 3.15. The Hall–Kier alpha value is -1.81. The third-order valence-corrected chi connectivity index (χ3v) is 4.09. The Morgan fingerprint density at radius 3 is 2.68 bits per heavy atom. The SMILES string of the molecule is CC(Cc1cccs1)N(C)C(=O)c1ccccc1O. The number of benzene rings is 1. The lowest BCUT2D eigenvalue weighted by atomic mass is 10.1. The van der Waals surface area contributed by atoms with Crippen molar-refractivity contribution in [3.05, 3.63) is 52.2 Å². The van der Waals surface area contributed by atoms with Gasteiger partial charge < -0.3 is 10.0 Å². The summed E-state index contributed by atoms with van der Waals surface area (Å²) in [4.78, 5) is 15.2. The second kappa shape index (κ2) is 5.89. The molecule has 3 nitrogen and oxygen atoms in total. The summed E-state index contributed by atoms with van der Waals surface area (Å²) in [5.74, 6) is -0.121. The first-order valence-corrected chi connectivity index (χ1v) is 7.05. The van der Waals surface area contributed by atoms with E-state index in [0.717, 1.165) is 6.42 Å². The summed E-state index contributed by atoms with van der Waals surface area (Å²) >= 11 is 1.69. The van der Waals surface area contributed by atoms with E-state index >= 15 is 0 Å². The third-order valence-electron chi connectivity index (χ3n) is 3.19. The standard InChI is InChI=1S/C15H17NO2S/c1-11(10-12-6-5-9-19-12)16(2)15(18)13-7-3-4-8-14(13)17/h3-9,11,17H,10H2,1-2H3. The van der Waals surface area contributed by atoms with E-state index in [1.54, 1.807) is 41.5 Å². The molecule has 4 heteroatoms. The fourth-order valence-electron chi connectivity index (χ4n) is 1.90. The quantitative estimate of drug-likeness (QED) is 0.931. The lowest BCUT2D eigenvalue weighted by Gasteiger charge is -2.25. The minimum atomic E-state index is -0.151. The molecule has 0 aliphatic rings. The van der Waals surface area contributed by atoms with Crippen LogP contribution in [-0.2, 0) is 6.42 Å². The summed E-state index contributed by atoms with van der Waals surface area (Å²) in [6.07, 6.45) is 0.827. The minimum absolute atomic E-state index is 0.0303. The van der Waals surface area contributed by atoms with Gasteiger partial charge in [-0.25, -0.2) is 0 Å². The van der Waals surface area contributed by atoms with Crippen molar-refractivity contribution in [3.63, 3.8) is 0 Å². The number of aromatic hydroxyl groups is 1. The largest absolute Gasteiger partial charge is 0.507 e. The van der Waals surface area contributed by atoms with E-state index in [0.29, 0.717) is 5.56 Å². The second-order valence-electron chi connectivity index (χ2n) is 4.57. The molecule has 2 rings (SSSR count). The van der Waals surface area contributed by atoms with Crippen LogP contribution in [0.2, 0.25) is 0 Å². The molecule has 19 heavy (non-hydrogen) atoms. The maximum Gasteiger partial charge on any atom is 0.257 e. The van der Waals surface area contributed by atoms with Gasteiger partial charge in [0.1, 0.15) is 5.75 Å². The number of carbonyl (C=O) groups excluding carboxylic acids is 1. The average Bonchev–Trinajstić information content (AvgIpc) is 2.90. The van der Waals surface area contributed by atoms with E-state index in [1.165, 1.54) is 10.9 Å². The lowest BCUT2D eigenvalue weighted by molar-refractivity contribution is 0.0741. The molecule has 100 valence electrons. The molecular weight excluding hydrogens is 258 g/mol. The van der Waals surface area contributed by atoms with E-state index in [9.17, 15) is 9.90 Å². The van der Waals surface area contributed by atoms with Gasteiger partial charge >= 0.3 is 0 Å². The lowest BCUT2D eigenvalue weighted by Crippen LogP contribution is -2.36. The monoisotopic (exact) mass is 275 g/mol. The number of para-hydroxylation sites is 1. The van der Waals surface area contributed by atoms with Gasteiger partial charge in [-0.1, -0.05) is 18.2 Å². The van der Waals surface area contributed by atoms with Crippen LogP contribution in [0.5, 0.6) is 5.75 Å². The van der Waals surface area contributed by atoms with Crippen molar-refractivity contribution in [1.29, 1.82) is 0 Å². The summed E-state index contributed by atoms with van der Waals surface area (Å²) in [5, 5.41) is 11.8. The minimum Gasteiger partial charge on any atom is -0.507 e. The molecule has 1 heterocycles. The number of hydrogen-bond donors (Lipinski definition) is 1. The zero-order chi connectivity index (χ0) is 13.8. The highest BCUT2D eigenvalue weighted by Crippen LogP contribution is 2.20. The summed E-state index contributed by atoms with van der Waals surface area (Å²) in [7, 11) is 1.77. The maximum absolute atomic E-state index is 12.3. The van der Waals surface area contributed by atoms with Crippen molar-refractivity contribution in [2.75, 3.05) is 7.05 Å². The van der Waals surface area contributed by atoms with E-state index < -0.39 is 0 Å². The first-order chi connectivity index (χ1) is 9.09. The van der Waals surface area contributed by atoms with Crippen molar-refractivity contribution in [2.45, 2.75) is 19.4 Å². The first-order valence-electron chi connectivity index (χ1n) is 6.17. The molecule has 1 N–H and O–H groups in total. The smallest absolute Gasteiger partial charge is 0.257 e. The number of thiophene rings is 1. The molecular formula is C15H17NO2S. The average molecular weight is 275 g/mol. The highest BCUT2D eigenvalue weighted by Gasteiger charge is 2.20. The molecule has 1 amide bonds. The van der Waals surface area contributed by atoms with Crippen LogP contribution in [0.15, 0.2) is 41.8 Å². The van der Waals surface area contributed by atoms with Crippen LogP contribution >= 0.6 is 11.3 Å². The Bertz CT molecular complexity index is 551. The Balaban J connectivity index is 2.09. The number of carbonyl (C=O) groups is 1. The molecule has 0 aliphatic heterocycles. The summed E-state index contributed by atoms with van der Waals surface area (Å²) in [5.41, 5.74) is 0.350. The zero-order valence-corrected chi connectivity index (χ0v) is 11.9. The van der Waals surface area contributed by atoms with Crippen molar-refractivity contribution < 1.29 is 9.90 Å². The number of phenolic OH excluding ortho intramolecular Hbond substituents is 1. The number of amides is 1. The van der Waals surface area contributed by atoms with Gasteiger partial charge in [-0.2, -0.15) is 0 Å². The summed E-state index contributed by atoms with van der Waals surface area (Å²) < 4.78 is 0. The normalized spacial score (nSPS) is 12.1. The van der Waals surface area contributed by atoms with Crippen LogP contribution < -0.4 is 0 Å². The summed E-state index contributed by atoms with van der Waals surface area (Å²) in [6, 6.07) is 10.8. The fourth-order valence-corrected chi connectivity index (χ4v) is 2.73. The van der Waals surface area contributed by atoms with Crippen LogP contribution in [0.1, 0.15) is 22.2 Å². The maximum atomic E-state index is 12.3. The van der Waals surface area contributed by atoms with Gasteiger partial charge in [-0.15, -0.1) is 11.3 Å². The van der Waals surface area contributed by atoms with E-state index in [4.69, 9.17) is 0 Å². The highest BCUT2D eigenvalue weighted by molar-refractivity contribution is 7.09. The molecule has 0 radical (unpaired) electrons. The molecule has 0 saturated heterocycles. The zero-order valence-electron chi connectivity index (χ0n) is 11.0. The molecule has 0 spiro atoms. The van der Waals surface area contributed by atoms with Gasteiger partial charge in [0.25, 0.3) is 5.91 Å². The Morgan fingerprint density at radius 1 is 1.32 bits per heavy atom. The fraction of sp³-hybridized carbons (Fsp3) is 0.267. The number of phenols is 1. The number of likely N-dealkylation sites (N-methyl/N-ethyl adjacent to an activating group) is 1. The molecule has 1 aromatic heterocycles. The van der Waals surface area contributed by atoms with Crippen molar-refractivity contribution in [1.82, 2.24) is 4.90 Å². The van der Waals surface area contributed by atoms with E-state index in [-0.39, 0.29) is 17.7 Å². The highest BCUT2D eigenvalue weighted by atomic mass is 32.1. The van der Waals surface area contributed by atoms with Gasteiger partial charge in [0, 0.05) is 24.4 Å². The van der Waals surface area contributed by atoms with Crippen LogP contribution in [0.4, 0.5) is 0 Å². The van der Waals surface area contributed by atoms with Gasteiger partial charge in [0.05, 0.1) is 5.56 Å². The van der Waals surface area contributed by atoms with Gasteiger partial charge in [-0.05, 0) is 30.5 Å². The van der Waals surface area contributed by atoms with Crippen LogP contribution in [0, 0.1) is 0 Å². The molecule has 1 aromatic carbocycles. The van der Waals surface area contributed by atoms with E-state index in [1.807, 2.05) is 18.4 Å². The molecule has 0 saturated carbocycles. The van der Waals surface area contributed by atoms with Crippen LogP contribution in [0.3, 0.4) is 0 Å². The summed E-state index contributed by atoms with van der Waals surface area (Å²) in [6.45, 7) is 2.01. The van der Waals surface area contributed by atoms with Crippen molar-refractivity contribution >= 4 is 17.2 Å². The van der Waals surface area contributed by atoms with Crippen molar-refractivity contribution in [3.8, 4) is 5.75 Å². The molecule has 0 bridgehead atoms. The second-order valence-corrected chi connectivity index (χ2v) is 5.60. The molecule has 0 aliphatic carbocycles. The molecule has 1 atom stereocenters. The molecule has 0 fully saturated rings. The molecule has 1 unspecified atom stereocenters. The number of nitrogens with zero attached hydrogens (tertiary/aromatic N) is 1. The van der Waals surface area contributed by atoms with Crippen LogP contribution in [-0.4, -0.2) is 29.0 Å². The molecule has 2 aromatic rings. The van der Waals surface area contributed by atoms with Gasteiger partial charge in [-0.3, -0.25) is 4.79 Å².